The molecular formula is C46H44Cl2FN7O6. The van der Waals surface area contributed by atoms with Gasteiger partial charge in [-0.1, -0.05) is 41.4 Å². The summed E-state index contributed by atoms with van der Waals surface area (Å²) in [5.74, 6) is -2.44. The Kier molecular flexibility index (Phi) is 9.95. The minimum Gasteiger partial charge on any atom is -0.495 e. The van der Waals surface area contributed by atoms with Crippen molar-refractivity contribution in [1.82, 2.24) is 20.4 Å². The topological polar surface area (TPSA) is 152 Å². The molecule has 3 saturated heterocycles. The maximum absolute atomic E-state index is 16.2. The van der Waals surface area contributed by atoms with Crippen molar-refractivity contribution in [1.29, 1.82) is 0 Å². The Balaban J connectivity index is 0.846. The van der Waals surface area contributed by atoms with Crippen molar-refractivity contribution in [3.05, 3.63) is 116 Å². The van der Waals surface area contributed by atoms with Gasteiger partial charge in [-0.2, -0.15) is 0 Å². The van der Waals surface area contributed by atoms with Crippen LogP contribution in [-0.2, 0) is 26.3 Å². The Morgan fingerprint density at radius 2 is 1.76 bits per heavy atom. The van der Waals surface area contributed by atoms with Gasteiger partial charge in [0.1, 0.15) is 17.6 Å². The summed E-state index contributed by atoms with van der Waals surface area (Å²) in [6.45, 7) is 2.76. The van der Waals surface area contributed by atoms with Gasteiger partial charge in [-0.05, 0) is 97.0 Å². The van der Waals surface area contributed by atoms with Crippen molar-refractivity contribution in [3.8, 4) is 5.75 Å². The molecule has 1 aliphatic carbocycles. The lowest BCUT2D eigenvalue weighted by Crippen LogP contribution is -2.61. The molecule has 4 aromatic rings. The fourth-order valence-electron chi connectivity index (χ4n) is 11.0. The van der Waals surface area contributed by atoms with Gasteiger partial charge < -0.3 is 30.1 Å². The number of rotatable bonds is 7. The van der Waals surface area contributed by atoms with Gasteiger partial charge in [-0.15, -0.1) is 0 Å². The molecule has 5 heterocycles. The van der Waals surface area contributed by atoms with Crippen LogP contribution in [0.2, 0.25) is 10.0 Å². The van der Waals surface area contributed by atoms with Crippen molar-refractivity contribution in [2.45, 2.75) is 67.6 Å². The van der Waals surface area contributed by atoms with E-state index in [9.17, 15) is 24.0 Å². The molecule has 0 aromatic heterocycles. The van der Waals surface area contributed by atoms with Gasteiger partial charge >= 0.3 is 0 Å². The highest BCUT2D eigenvalue weighted by Gasteiger charge is 2.70. The first-order valence-electron chi connectivity index (χ1n) is 21.0. The fraction of sp³-hybridized carbons (Fsp3) is 0.370. The SMILES string of the molecule is COc1cc(C(=O)N2CCN(c3ccc4c(c3)CN(C3CCC(=O)NC3=O)C4=O)CC2)ccc1NC(=O)[C@@H]1NC2(CCC2)[C@@]2(CNc3cc(Cl)ccc32)[C@H]1c1cccc(Cl)c1F. The first-order chi connectivity index (χ1) is 29.9. The van der Waals surface area contributed by atoms with E-state index >= 15 is 4.39 Å². The number of benzene rings is 4. The number of piperazine rings is 1. The smallest absolute Gasteiger partial charge is 0.255 e. The van der Waals surface area contributed by atoms with Gasteiger partial charge in [0.25, 0.3) is 11.8 Å². The molecule has 1 saturated carbocycles. The van der Waals surface area contributed by atoms with E-state index in [0.29, 0.717) is 72.3 Å². The molecule has 13 nitrogen and oxygen atoms in total. The number of amides is 5. The average Bonchev–Trinajstić information content (AvgIpc) is 3.90. The number of methoxy groups -OCH3 is 1. The van der Waals surface area contributed by atoms with Crippen LogP contribution in [0.25, 0.3) is 0 Å². The number of carbonyl (C=O) groups is 5. The maximum atomic E-state index is 16.2. The van der Waals surface area contributed by atoms with E-state index in [1.54, 1.807) is 41.3 Å². The van der Waals surface area contributed by atoms with Crippen LogP contribution in [0.15, 0.2) is 72.8 Å². The van der Waals surface area contributed by atoms with Gasteiger partial charge in [-0.25, -0.2) is 4.39 Å². The van der Waals surface area contributed by atoms with Crippen molar-refractivity contribution >= 4 is 69.8 Å². The molecule has 320 valence electrons. The second-order valence-corrected chi connectivity index (χ2v) is 18.0. The van der Waals surface area contributed by atoms with E-state index in [4.69, 9.17) is 27.9 Å². The number of carbonyl (C=O) groups excluding carboxylic acids is 5. The standard InChI is InChI=1S/C46H44Cl2FN7O6/c1-62-36-21-25(43(60)55-18-16-54(17-19-55)28-8-9-29-26(20-28)23-56(44(29)61)35-12-13-37(57)52-41(35)58)6-11-33(36)51-42(59)40-38(30-4-2-5-32(48)39(30)49)46(45(53-40)14-3-15-45)24-50-34-22-27(47)7-10-31(34)46/h2,4-11,20-22,35,38,40,50,53H,3,12-19,23-24H2,1H3,(H,51,59)(H,52,57,58)/t35?,38-,40+,46+/m0/s1. The molecular weight excluding hydrogens is 836 g/mol. The molecule has 4 atom stereocenters. The predicted octanol–water partition coefficient (Wildman–Crippen LogP) is 5.84. The summed E-state index contributed by atoms with van der Waals surface area (Å²) in [4.78, 5) is 71.4. The second-order valence-electron chi connectivity index (χ2n) is 17.1. The Bertz CT molecular complexity index is 2580. The third kappa shape index (κ3) is 6.31. The number of imide groups is 1. The lowest BCUT2D eigenvalue weighted by molar-refractivity contribution is -0.137. The molecule has 1 unspecified atom stereocenters. The molecule has 4 aromatic carbocycles. The van der Waals surface area contributed by atoms with Gasteiger partial charge in [0.05, 0.1) is 23.9 Å². The van der Waals surface area contributed by atoms with Crippen LogP contribution in [0.5, 0.6) is 5.75 Å². The number of anilines is 3. The molecule has 16 heteroatoms. The average molecular weight is 881 g/mol. The van der Waals surface area contributed by atoms with Crippen LogP contribution in [0.3, 0.4) is 0 Å². The number of halogens is 3. The van der Waals surface area contributed by atoms with E-state index in [1.807, 2.05) is 30.3 Å². The third-order valence-electron chi connectivity index (χ3n) is 14.1. The Morgan fingerprint density at radius 3 is 2.50 bits per heavy atom. The van der Waals surface area contributed by atoms with Crippen molar-refractivity contribution in [3.63, 3.8) is 0 Å². The van der Waals surface area contributed by atoms with Gasteiger partial charge in [0.15, 0.2) is 0 Å². The molecule has 2 spiro atoms. The monoisotopic (exact) mass is 879 g/mol. The van der Waals surface area contributed by atoms with Crippen LogP contribution < -0.4 is 30.9 Å². The Morgan fingerprint density at radius 1 is 0.952 bits per heavy atom. The largest absolute Gasteiger partial charge is 0.495 e. The molecule has 0 radical (unpaired) electrons. The highest BCUT2D eigenvalue weighted by atomic mass is 35.5. The second kappa shape index (κ2) is 15.3. The first-order valence-corrected chi connectivity index (χ1v) is 21.7. The summed E-state index contributed by atoms with van der Waals surface area (Å²) in [7, 11) is 1.48. The minimum absolute atomic E-state index is 0.0157. The molecule has 4 fully saturated rings. The zero-order valence-corrected chi connectivity index (χ0v) is 35.4. The van der Waals surface area contributed by atoms with Crippen LogP contribution >= 0.6 is 23.2 Å². The van der Waals surface area contributed by atoms with Crippen LogP contribution in [0.1, 0.15) is 75.4 Å². The molecule has 4 N–H and O–H groups in total. The van der Waals surface area contributed by atoms with E-state index in [1.165, 1.54) is 18.1 Å². The normalized spacial score (nSPS) is 24.7. The number of nitrogens with one attached hydrogen (secondary N) is 4. The molecule has 5 aliphatic heterocycles. The zero-order valence-electron chi connectivity index (χ0n) is 33.9. The molecule has 6 aliphatic rings. The minimum atomic E-state index is -0.857. The van der Waals surface area contributed by atoms with Crippen molar-refractivity contribution in [2.24, 2.45) is 0 Å². The number of fused-ring (bicyclic) bond motifs is 4. The predicted molar refractivity (Wildman–Crippen MR) is 232 cm³/mol. The highest BCUT2D eigenvalue weighted by Crippen LogP contribution is 2.64. The maximum Gasteiger partial charge on any atom is 0.255 e. The van der Waals surface area contributed by atoms with Gasteiger partial charge in [-0.3, -0.25) is 34.6 Å². The van der Waals surface area contributed by atoms with E-state index < -0.39 is 40.7 Å². The van der Waals surface area contributed by atoms with Crippen molar-refractivity contribution in [2.75, 3.05) is 55.4 Å². The number of nitrogens with zero attached hydrogens (tertiary/aromatic N) is 3. The van der Waals surface area contributed by atoms with E-state index in [-0.39, 0.29) is 41.6 Å². The summed E-state index contributed by atoms with van der Waals surface area (Å²) in [5.41, 5.74) is 4.07. The van der Waals surface area contributed by atoms with Gasteiger partial charge in [0, 0.05) is 90.1 Å². The number of hydrogen-bond acceptors (Lipinski definition) is 9. The fourth-order valence-corrected chi connectivity index (χ4v) is 11.3. The zero-order chi connectivity index (χ0) is 43.1. The van der Waals surface area contributed by atoms with E-state index in [0.717, 1.165) is 41.8 Å². The van der Waals surface area contributed by atoms with Crippen LogP contribution in [0, 0.1) is 5.82 Å². The quantitative estimate of drug-likeness (QED) is 0.168. The summed E-state index contributed by atoms with van der Waals surface area (Å²) in [5, 5.41) is 13.2. The van der Waals surface area contributed by atoms with E-state index in [2.05, 4.69) is 26.2 Å². The summed E-state index contributed by atoms with van der Waals surface area (Å²) >= 11 is 12.8. The molecule has 10 rings (SSSR count). The Hall–Kier alpha value is -5.70. The number of ether oxygens (including phenoxy) is 1. The first kappa shape index (κ1) is 40.4. The summed E-state index contributed by atoms with van der Waals surface area (Å²) < 4.78 is 22.0. The summed E-state index contributed by atoms with van der Waals surface area (Å²) in [6, 6.07) is 19.7. The highest BCUT2D eigenvalue weighted by molar-refractivity contribution is 6.31. The molecule has 62 heavy (non-hydrogen) atoms. The number of hydrogen-bond donors (Lipinski definition) is 4. The lowest BCUT2D eigenvalue weighted by Gasteiger charge is -2.52. The van der Waals surface area contributed by atoms with Crippen LogP contribution in [0.4, 0.5) is 21.5 Å². The summed E-state index contributed by atoms with van der Waals surface area (Å²) in [6.07, 6.45) is 3.05. The van der Waals surface area contributed by atoms with Gasteiger partial charge in [0.2, 0.25) is 17.7 Å². The Labute approximate surface area is 367 Å². The number of piperidine rings is 1. The molecule has 5 amide bonds. The van der Waals surface area contributed by atoms with Crippen LogP contribution in [-0.4, -0.2) is 96.8 Å². The van der Waals surface area contributed by atoms with Crippen molar-refractivity contribution < 1.29 is 33.1 Å². The molecule has 0 bridgehead atoms. The third-order valence-corrected chi connectivity index (χ3v) is 14.6. The lowest BCUT2D eigenvalue weighted by atomic mass is 9.53.